The number of carbonyl (C=O) groups excluding carboxylic acids is 1. The van der Waals surface area contributed by atoms with Gasteiger partial charge in [-0.15, -0.1) is 0 Å². The SMILES string of the molecule is COc1ccc(CCC(=O)Nc2ccccc2NS(=O)(=O)c2ccccc2)cc1OC. The highest BCUT2D eigenvalue weighted by molar-refractivity contribution is 7.92. The second-order valence-electron chi connectivity index (χ2n) is 6.70. The zero-order valence-corrected chi connectivity index (χ0v) is 18.1. The first-order valence-electron chi connectivity index (χ1n) is 9.60. The lowest BCUT2D eigenvalue weighted by Crippen LogP contribution is -2.17. The standard InChI is InChI=1S/C23H24N2O5S/c1-29-21-14-12-17(16-22(21)30-2)13-15-23(26)24-19-10-6-7-11-20(19)25-31(27,28)18-8-4-3-5-9-18/h3-12,14,16,25H,13,15H2,1-2H3,(H,24,26). The van der Waals surface area contributed by atoms with Crippen LogP contribution in [0.1, 0.15) is 12.0 Å². The first kappa shape index (κ1) is 22.2. The second kappa shape index (κ2) is 9.99. The summed E-state index contributed by atoms with van der Waals surface area (Å²) in [5.41, 5.74) is 1.61. The van der Waals surface area contributed by atoms with Gasteiger partial charge < -0.3 is 14.8 Å². The number of sulfonamides is 1. The Morgan fingerprint density at radius 3 is 2.16 bits per heavy atom. The molecule has 0 saturated heterocycles. The molecule has 0 unspecified atom stereocenters. The lowest BCUT2D eigenvalue weighted by molar-refractivity contribution is -0.116. The fourth-order valence-electron chi connectivity index (χ4n) is 2.99. The van der Waals surface area contributed by atoms with E-state index in [0.717, 1.165) is 5.56 Å². The molecule has 31 heavy (non-hydrogen) atoms. The van der Waals surface area contributed by atoms with E-state index < -0.39 is 10.0 Å². The second-order valence-corrected chi connectivity index (χ2v) is 8.38. The minimum atomic E-state index is -3.77. The third-order valence-electron chi connectivity index (χ3n) is 4.59. The average molecular weight is 441 g/mol. The number of hydrogen-bond acceptors (Lipinski definition) is 5. The van der Waals surface area contributed by atoms with Crippen molar-refractivity contribution in [3.8, 4) is 11.5 Å². The lowest BCUT2D eigenvalue weighted by Gasteiger charge is -2.14. The van der Waals surface area contributed by atoms with E-state index in [-0.39, 0.29) is 17.2 Å². The van der Waals surface area contributed by atoms with Crippen LogP contribution in [0.5, 0.6) is 11.5 Å². The van der Waals surface area contributed by atoms with E-state index in [9.17, 15) is 13.2 Å². The predicted molar refractivity (Wildman–Crippen MR) is 120 cm³/mol. The molecule has 0 radical (unpaired) electrons. The fraction of sp³-hybridized carbons (Fsp3) is 0.174. The predicted octanol–water partition coefficient (Wildman–Crippen LogP) is 4.08. The normalized spacial score (nSPS) is 10.9. The van der Waals surface area contributed by atoms with Crippen molar-refractivity contribution in [3.63, 3.8) is 0 Å². The molecule has 162 valence electrons. The van der Waals surface area contributed by atoms with Gasteiger partial charge in [0, 0.05) is 6.42 Å². The zero-order valence-electron chi connectivity index (χ0n) is 17.3. The van der Waals surface area contributed by atoms with Gasteiger partial charge in [0.1, 0.15) is 0 Å². The van der Waals surface area contributed by atoms with Crippen LogP contribution in [0.25, 0.3) is 0 Å². The summed E-state index contributed by atoms with van der Waals surface area (Å²) >= 11 is 0. The van der Waals surface area contributed by atoms with Crippen LogP contribution in [0.15, 0.2) is 77.7 Å². The van der Waals surface area contributed by atoms with Crippen molar-refractivity contribution in [2.75, 3.05) is 24.3 Å². The number of hydrogen-bond donors (Lipinski definition) is 2. The van der Waals surface area contributed by atoms with E-state index in [1.807, 2.05) is 12.1 Å². The number of carbonyl (C=O) groups is 1. The van der Waals surface area contributed by atoms with Gasteiger partial charge in [-0.1, -0.05) is 36.4 Å². The third kappa shape index (κ3) is 5.76. The quantitative estimate of drug-likeness (QED) is 0.523. The summed E-state index contributed by atoms with van der Waals surface area (Å²) in [5.74, 6) is 0.984. The molecule has 0 aliphatic carbocycles. The summed E-state index contributed by atoms with van der Waals surface area (Å²) in [6, 6.07) is 20.2. The van der Waals surface area contributed by atoms with Crippen LogP contribution < -0.4 is 19.5 Å². The van der Waals surface area contributed by atoms with Crippen molar-refractivity contribution in [1.82, 2.24) is 0 Å². The minimum absolute atomic E-state index is 0.143. The van der Waals surface area contributed by atoms with Crippen LogP contribution in [-0.2, 0) is 21.2 Å². The Bertz CT molecular complexity index is 1150. The van der Waals surface area contributed by atoms with Crippen LogP contribution in [0.4, 0.5) is 11.4 Å². The highest BCUT2D eigenvalue weighted by Crippen LogP contribution is 2.28. The molecule has 3 aromatic rings. The van der Waals surface area contributed by atoms with Crippen molar-refractivity contribution in [2.45, 2.75) is 17.7 Å². The molecule has 0 aliphatic heterocycles. The number of methoxy groups -OCH3 is 2. The van der Waals surface area contributed by atoms with E-state index >= 15 is 0 Å². The molecule has 0 heterocycles. The third-order valence-corrected chi connectivity index (χ3v) is 5.97. The fourth-order valence-corrected chi connectivity index (χ4v) is 4.09. The van der Waals surface area contributed by atoms with Crippen molar-refractivity contribution < 1.29 is 22.7 Å². The minimum Gasteiger partial charge on any atom is -0.493 e. The number of amides is 1. The van der Waals surface area contributed by atoms with E-state index in [2.05, 4.69) is 10.0 Å². The van der Waals surface area contributed by atoms with Crippen LogP contribution in [0, 0.1) is 0 Å². The smallest absolute Gasteiger partial charge is 0.261 e. The highest BCUT2D eigenvalue weighted by Gasteiger charge is 2.16. The van der Waals surface area contributed by atoms with E-state index in [4.69, 9.17) is 9.47 Å². The van der Waals surface area contributed by atoms with Gasteiger partial charge in [-0.25, -0.2) is 8.42 Å². The number of nitrogens with one attached hydrogen (secondary N) is 2. The Morgan fingerprint density at radius 2 is 1.48 bits per heavy atom. The molecule has 0 atom stereocenters. The van der Waals surface area contributed by atoms with Crippen molar-refractivity contribution >= 4 is 27.3 Å². The van der Waals surface area contributed by atoms with Gasteiger partial charge >= 0.3 is 0 Å². The van der Waals surface area contributed by atoms with Gasteiger partial charge in [-0.3, -0.25) is 9.52 Å². The van der Waals surface area contributed by atoms with Crippen molar-refractivity contribution in [2.24, 2.45) is 0 Å². The maximum absolute atomic E-state index is 12.6. The molecule has 0 spiro atoms. The summed E-state index contributed by atoms with van der Waals surface area (Å²) < 4.78 is 38.3. The molecule has 7 nitrogen and oxygen atoms in total. The van der Waals surface area contributed by atoms with Gasteiger partial charge in [0.05, 0.1) is 30.5 Å². The number of benzene rings is 3. The maximum atomic E-state index is 12.6. The van der Waals surface area contributed by atoms with Gasteiger partial charge in [0.25, 0.3) is 10.0 Å². The van der Waals surface area contributed by atoms with Crippen LogP contribution >= 0.6 is 0 Å². The number of ether oxygens (including phenoxy) is 2. The summed E-state index contributed by atoms with van der Waals surface area (Å²) in [6.07, 6.45) is 0.708. The topological polar surface area (TPSA) is 93.7 Å². The molecule has 3 rings (SSSR count). The number of anilines is 2. The Balaban J connectivity index is 1.67. The first-order chi connectivity index (χ1) is 14.9. The largest absolute Gasteiger partial charge is 0.493 e. The Labute approximate surface area is 182 Å². The average Bonchev–Trinajstić information content (AvgIpc) is 2.79. The van der Waals surface area contributed by atoms with E-state index in [1.165, 1.54) is 12.1 Å². The lowest BCUT2D eigenvalue weighted by atomic mass is 10.1. The van der Waals surface area contributed by atoms with Crippen molar-refractivity contribution in [1.29, 1.82) is 0 Å². The maximum Gasteiger partial charge on any atom is 0.261 e. The van der Waals surface area contributed by atoms with Gasteiger partial charge in [-0.05, 0) is 48.4 Å². The molecule has 1 amide bonds. The molecule has 8 heteroatoms. The van der Waals surface area contributed by atoms with Gasteiger partial charge in [-0.2, -0.15) is 0 Å². The summed E-state index contributed by atoms with van der Waals surface area (Å²) in [5, 5.41) is 2.78. The number of aryl methyl sites for hydroxylation is 1. The molecular weight excluding hydrogens is 416 g/mol. The van der Waals surface area contributed by atoms with Crippen molar-refractivity contribution in [3.05, 3.63) is 78.4 Å². The first-order valence-corrected chi connectivity index (χ1v) is 11.1. The van der Waals surface area contributed by atoms with Crippen LogP contribution in [-0.4, -0.2) is 28.5 Å². The molecule has 2 N–H and O–H groups in total. The highest BCUT2D eigenvalue weighted by atomic mass is 32.2. The molecule has 0 aromatic heterocycles. The Kier molecular flexibility index (Phi) is 7.15. The Hall–Kier alpha value is -3.52. The molecule has 0 aliphatic rings. The Morgan fingerprint density at radius 1 is 0.839 bits per heavy atom. The molecule has 0 bridgehead atoms. The van der Waals surface area contributed by atoms with Gasteiger partial charge in [0.2, 0.25) is 5.91 Å². The summed E-state index contributed by atoms with van der Waals surface area (Å²) in [4.78, 5) is 12.7. The molecule has 0 fully saturated rings. The van der Waals surface area contributed by atoms with E-state index in [0.29, 0.717) is 29.3 Å². The monoisotopic (exact) mass is 440 g/mol. The number of para-hydroxylation sites is 2. The number of rotatable bonds is 9. The molecule has 3 aromatic carbocycles. The van der Waals surface area contributed by atoms with E-state index in [1.54, 1.807) is 62.8 Å². The molecule has 0 saturated carbocycles. The molecular formula is C23H24N2O5S. The van der Waals surface area contributed by atoms with Gasteiger partial charge in [0.15, 0.2) is 11.5 Å². The van der Waals surface area contributed by atoms with Crippen LogP contribution in [0.2, 0.25) is 0 Å². The van der Waals surface area contributed by atoms with Crippen LogP contribution in [0.3, 0.4) is 0 Å². The zero-order chi connectivity index (χ0) is 22.3. The summed E-state index contributed by atoms with van der Waals surface area (Å²) in [6.45, 7) is 0. The summed E-state index contributed by atoms with van der Waals surface area (Å²) in [7, 11) is -0.647.